The van der Waals surface area contributed by atoms with Crippen LogP contribution in [0.3, 0.4) is 0 Å². The van der Waals surface area contributed by atoms with Gasteiger partial charge in [-0.2, -0.15) is 0 Å². The van der Waals surface area contributed by atoms with Gasteiger partial charge in [-0.05, 0) is 64.2 Å². The second kappa shape index (κ2) is 37.5. The molecule has 8 N–H and O–H groups in total. The van der Waals surface area contributed by atoms with Crippen molar-refractivity contribution in [3.8, 4) is 0 Å². The number of hydrogen-bond acceptors (Lipinski definition) is 14. The number of phosphoric ester groups is 2. The number of rotatable bonds is 39. The van der Waals surface area contributed by atoms with Crippen molar-refractivity contribution in [1.29, 1.82) is 0 Å². The molecule has 1 fully saturated rings. The molecule has 1 rings (SSSR count). The lowest BCUT2D eigenvalue weighted by Gasteiger charge is -2.43. The van der Waals surface area contributed by atoms with Gasteiger partial charge in [-0.25, -0.2) is 9.13 Å². The predicted octanol–water partition coefficient (Wildman–Crippen LogP) is 8.03. The van der Waals surface area contributed by atoms with Crippen molar-refractivity contribution < 1.29 is 82.0 Å². The second-order valence-corrected chi connectivity index (χ2v) is 19.2. The summed E-state index contributed by atoms with van der Waals surface area (Å²) in [6.07, 6.45) is 24.7. The molecule has 17 nitrogen and oxygen atoms in total. The van der Waals surface area contributed by atoms with E-state index in [1.807, 2.05) is 18.2 Å². The highest BCUT2D eigenvalue weighted by atomic mass is 31.2. The van der Waals surface area contributed by atoms with E-state index in [0.29, 0.717) is 25.7 Å². The van der Waals surface area contributed by atoms with Crippen LogP contribution in [0.4, 0.5) is 0 Å². The minimum atomic E-state index is -5.38. The van der Waals surface area contributed by atoms with E-state index in [1.54, 1.807) is 6.08 Å². The molecule has 1 aliphatic carbocycles. The van der Waals surface area contributed by atoms with E-state index in [-0.39, 0.29) is 12.8 Å². The fourth-order valence-corrected chi connectivity index (χ4v) is 8.48. The van der Waals surface area contributed by atoms with Crippen molar-refractivity contribution in [3.63, 3.8) is 0 Å². The summed E-state index contributed by atoms with van der Waals surface area (Å²) in [6.45, 7) is 2.86. The molecule has 382 valence electrons. The number of carbonyl (C=O) groups is 2. The van der Waals surface area contributed by atoms with Crippen LogP contribution in [-0.4, -0.2) is 114 Å². The third-order valence-electron chi connectivity index (χ3n) is 10.7. The molecule has 0 amide bonds. The molecule has 0 saturated heterocycles. The lowest BCUT2D eigenvalue weighted by molar-refractivity contribution is -0.216. The highest BCUT2D eigenvalue weighted by Gasteiger charge is 2.54. The average molecular weight is 981 g/mol. The van der Waals surface area contributed by atoms with Crippen LogP contribution >= 0.6 is 15.6 Å². The summed E-state index contributed by atoms with van der Waals surface area (Å²) in [5, 5.41) is 51.4. The average Bonchev–Trinajstić information content (AvgIpc) is 3.27. The van der Waals surface area contributed by atoms with Crippen LogP contribution in [0.25, 0.3) is 0 Å². The molecule has 1 aliphatic rings. The molecule has 0 aromatic heterocycles. The van der Waals surface area contributed by atoms with Crippen LogP contribution in [0.5, 0.6) is 0 Å². The van der Waals surface area contributed by atoms with Gasteiger partial charge < -0.3 is 49.7 Å². The van der Waals surface area contributed by atoms with Gasteiger partial charge in [0.05, 0.1) is 12.7 Å². The van der Waals surface area contributed by atoms with E-state index in [2.05, 4.69) is 54.8 Å². The first-order chi connectivity index (χ1) is 31.5. The van der Waals surface area contributed by atoms with Crippen molar-refractivity contribution in [3.05, 3.63) is 60.8 Å². The van der Waals surface area contributed by atoms with E-state index in [9.17, 15) is 58.9 Å². The third-order valence-corrected chi connectivity index (χ3v) is 12.2. The maximum atomic E-state index is 13.0. The molecule has 19 heteroatoms. The van der Waals surface area contributed by atoms with Crippen LogP contribution < -0.4 is 0 Å². The highest BCUT2D eigenvalue weighted by Crippen LogP contribution is 2.49. The van der Waals surface area contributed by atoms with Crippen LogP contribution in [-0.2, 0) is 41.8 Å². The maximum Gasteiger partial charge on any atom is 0.472 e. The molecular formula is C47H82O17P2. The molecule has 6 unspecified atom stereocenters. The molecular weight excluding hydrogens is 898 g/mol. The van der Waals surface area contributed by atoms with Gasteiger partial charge in [0.1, 0.15) is 43.2 Å². The van der Waals surface area contributed by atoms with Crippen molar-refractivity contribution >= 4 is 27.6 Å². The zero-order valence-corrected chi connectivity index (χ0v) is 41.0. The molecule has 0 radical (unpaired) electrons. The minimum absolute atomic E-state index is 0.0297. The first kappa shape index (κ1) is 61.7. The molecule has 0 heterocycles. The van der Waals surface area contributed by atoms with Gasteiger partial charge in [-0.1, -0.05) is 145 Å². The van der Waals surface area contributed by atoms with Gasteiger partial charge in [-0.3, -0.25) is 23.2 Å². The Morgan fingerprint density at radius 1 is 0.576 bits per heavy atom. The first-order valence-corrected chi connectivity index (χ1v) is 27.0. The van der Waals surface area contributed by atoms with E-state index in [1.165, 1.54) is 19.3 Å². The van der Waals surface area contributed by atoms with Gasteiger partial charge in [-0.15, -0.1) is 0 Å². The predicted molar refractivity (Wildman–Crippen MR) is 252 cm³/mol. The second-order valence-electron chi connectivity index (χ2n) is 16.6. The van der Waals surface area contributed by atoms with E-state index >= 15 is 0 Å². The number of phosphoric acid groups is 2. The van der Waals surface area contributed by atoms with E-state index in [4.69, 9.17) is 18.5 Å². The molecule has 1 saturated carbocycles. The normalized spacial score (nSPS) is 22.5. The smallest absolute Gasteiger partial charge is 0.462 e. The van der Waals surface area contributed by atoms with Gasteiger partial charge in [0, 0.05) is 12.8 Å². The summed E-state index contributed by atoms with van der Waals surface area (Å²) in [6, 6.07) is 0. The Morgan fingerprint density at radius 2 is 1.11 bits per heavy atom. The molecule has 9 atom stereocenters. The number of carbonyl (C=O) groups excluding carboxylic acids is 2. The summed E-state index contributed by atoms with van der Waals surface area (Å²) < 4.78 is 49.3. The van der Waals surface area contributed by atoms with Crippen LogP contribution in [0, 0.1) is 0 Å². The zero-order chi connectivity index (χ0) is 49.1. The van der Waals surface area contributed by atoms with Gasteiger partial charge in [0.15, 0.2) is 6.10 Å². The van der Waals surface area contributed by atoms with Crippen molar-refractivity contribution in [2.75, 3.05) is 13.2 Å². The number of aliphatic hydroxyl groups excluding tert-OH is 5. The number of esters is 2. The summed E-state index contributed by atoms with van der Waals surface area (Å²) >= 11 is 0. The molecule has 0 spiro atoms. The van der Waals surface area contributed by atoms with Gasteiger partial charge >= 0.3 is 27.6 Å². The molecule has 0 bridgehead atoms. The Balaban J connectivity index is 2.63. The topological polar surface area (TPSA) is 276 Å². The Kier molecular flexibility index (Phi) is 35.1. The number of unbranched alkanes of at least 4 members (excludes halogenated alkanes) is 14. The van der Waals surface area contributed by atoms with Crippen LogP contribution in [0.2, 0.25) is 0 Å². The van der Waals surface area contributed by atoms with Crippen LogP contribution in [0.15, 0.2) is 60.8 Å². The minimum Gasteiger partial charge on any atom is -0.462 e. The largest absolute Gasteiger partial charge is 0.472 e. The third kappa shape index (κ3) is 31.7. The quantitative estimate of drug-likeness (QED) is 0.00951. The van der Waals surface area contributed by atoms with Crippen molar-refractivity contribution in [2.24, 2.45) is 0 Å². The van der Waals surface area contributed by atoms with Crippen molar-refractivity contribution in [1.82, 2.24) is 0 Å². The Morgan fingerprint density at radius 3 is 1.71 bits per heavy atom. The maximum absolute atomic E-state index is 13.0. The Labute approximate surface area is 392 Å². The fourth-order valence-electron chi connectivity index (χ4n) is 6.94. The Bertz CT molecular complexity index is 1530. The number of ether oxygens (including phenoxy) is 2. The molecule has 0 aromatic rings. The van der Waals surface area contributed by atoms with Crippen molar-refractivity contribution in [2.45, 2.75) is 210 Å². The van der Waals surface area contributed by atoms with Gasteiger partial charge in [0.2, 0.25) is 0 Å². The standard InChI is InChI=1S/C47H82O17P2/c1-3-5-7-9-11-12-13-14-15-16-17-18-19-20-22-26-30-34-40(49)60-36-39(62-41(50)35-31-27-23-25-29-33-38(48)32-28-24-21-10-8-6-4-2)37-61-66(58,59)64-47-44(53)42(51)43(52)46(45(47)54)63-65(55,56)57/h6,8,11-12,14-15,21,24,28,32,38-39,42-48,51-54H,3-5,7,9-10,13,16-20,22-23,25-27,29-31,33-37H2,1-2H3,(H,58,59)(H2,55,56,57)/b8-6+,12-11-,15-14-,24-21+,32-28+/t38?,39-,42?,43?,44?,45?,46-,47+/m1/s1. The zero-order valence-electron chi connectivity index (χ0n) is 39.2. The number of allylic oxidation sites excluding steroid dienone is 9. The van der Waals surface area contributed by atoms with E-state index in [0.717, 1.165) is 89.9 Å². The summed E-state index contributed by atoms with van der Waals surface area (Å²) in [5.74, 6) is -1.29. The lowest BCUT2D eigenvalue weighted by atomic mass is 9.85. The lowest BCUT2D eigenvalue weighted by Crippen LogP contribution is -2.64. The number of hydrogen-bond donors (Lipinski definition) is 8. The molecule has 66 heavy (non-hydrogen) atoms. The SMILES string of the molecule is CC/C=C/C/C=C/C=C/C(O)CCCCCCCC(=O)O[C@H](COC(=O)CCCCCCCCC/C=C\C/C=C\CCCCC)COP(=O)(O)O[C@H]1C(O)C(O)C(O)[C@@H](OP(=O)(O)O)C1O. The molecule has 0 aliphatic heterocycles. The summed E-state index contributed by atoms with van der Waals surface area (Å²) in [7, 11) is -10.7. The first-order valence-electron chi connectivity index (χ1n) is 23.9. The monoisotopic (exact) mass is 981 g/mol. The summed E-state index contributed by atoms with van der Waals surface area (Å²) in [4.78, 5) is 54.3. The van der Waals surface area contributed by atoms with E-state index < -0.39 is 89.6 Å². The fraction of sp³-hybridized carbons (Fsp3) is 0.745. The Hall–Kier alpha value is -2.34. The summed E-state index contributed by atoms with van der Waals surface area (Å²) in [5.41, 5.74) is 0. The van der Waals surface area contributed by atoms with Gasteiger partial charge in [0.25, 0.3) is 0 Å². The number of aliphatic hydroxyl groups is 5. The highest BCUT2D eigenvalue weighted by molar-refractivity contribution is 7.47. The van der Waals surface area contributed by atoms with Crippen LogP contribution in [0.1, 0.15) is 162 Å². The molecule has 0 aromatic carbocycles.